The van der Waals surface area contributed by atoms with Crippen LogP contribution in [0.5, 0.6) is 0 Å². The quantitative estimate of drug-likeness (QED) is 0.0918. The molecule has 0 aliphatic carbocycles. The van der Waals surface area contributed by atoms with E-state index in [4.69, 9.17) is 4.74 Å². The predicted octanol–water partition coefficient (Wildman–Crippen LogP) is 8.43. The van der Waals surface area contributed by atoms with Crippen LogP contribution in [0.2, 0.25) is 0 Å². The monoisotopic (exact) mass is 484 g/mol. The van der Waals surface area contributed by atoms with Crippen LogP contribution in [0.3, 0.4) is 0 Å². The Morgan fingerprint density at radius 1 is 0.680 bits per heavy atom. The van der Waals surface area contributed by atoms with E-state index in [-0.39, 0.29) is 0 Å². The molecule has 0 bridgehead atoms. The fourth-order valence-corrected chi connectivity index (χ4v) is 5.33. The van der Waals surface area contributed by atoms with Crippen molar-refractivity contribution < 1.29 is 4.74 Å². The molecule has 0 heterocycles. The van der Waals surface area contributed by atoms with Crippen molar-refractivity contribution in [2.75, 3.05) is 23.0 Å². The van der Waals surface area contributed by atoms with Gasteiger partial charge in [0.1, 0.15) is 0 Å². The second kappa shape index (κ2) is 23.1. The average molecular weight is 485 g/mol. The molecule has 0 fully saturated rings. The first kappa shape index (κ1) is 26.0. The SMILES string of the molecule is CCCCCCCCCCCCCCCCCCSCC(CI)OC. The van der Waals surface area contributed by atoms with Gasteiger partial charge < -0.3 is 4.74 Å². The molecule has 0 aromatic carbocycles. The summed E-state index contributed by atoms with van der Waals surface area (Å²) in [6.45, 7) is 2.30. The Labute approximate surface area is 177 Å². The van der Waals surface area contributed by atoms with Crippen molar-refractivity contribution in [1.29, 1.82) is 0 Å². The number of ether oxygens (including phenoxy) is 1. The summed E-state index contributed by atoms with van der Waals surface area (Å²) < 4.78 is 6.52. The van der Waals surface area contributed by atoms with Crippen LogP contribution in [0, 0.1) is 0 Å². The van der Waals surface area contributed by atoms with Crippen LogP contribution in [-0.4, -0.2) is 29.1 Å². The molecule has 0 amide bonds. The molecule has 0 aromatic heterocycles. The molecule has 1 atom stereocenters. The van der Waals surface area contributed by atoms with Gasteiger partial charge in [-0.25, -0.2) is 0 Å². The van der Waals surface area contributed by atoms with Crippen LogP contribution in [0.1, 0.15) is 110 Å². The number of methoxy groups -OCH3 is 1. The van der Waals surface area contributed by atoms with Crippen molar-refractivity contribution >= 4 is 34.4 Å². The van der Waals surface area contributed by atoms with Crippen LogP contribution in [0.15, 0.2) is 0 Å². The average Bonchev–Trinajstić information content (AvgIpc) is 2.64. The molecular weight excluding hydrogens is 439 g/mol. The maximum atomic E-state index is 5.40. The van der Waals surface area contributed by atoms with E-state index in [1.165, 1.54) is 108 Å². The molecule has 0 radical (unpaired) electrons. The third-order valence-electron chi connectivity index (χ3n) is 4.95. The third kappa shape index (κ3) is 21.2. The Kier molecular flexibility index (Phi) is 24.0. The Balaban J connectivity index is 3.03. The molecule has 0 saturated heterocycles. The Morgan fingerprint density at radius 3 is 1.44 bits per heavy atom. The summed E-state index contributed by atoms with van der Waals surface area (Å²) in [6.07, 6.45) is 23.7. The number of unbranched alkanes of at least 4 members (excludes halogenated alkanes) is 15. The largest absolute Gasteiger partial charge is 0.380 e. The van der Waals surface area contributed by atoms with E-state index in [1.54, 1.807) is 0 Å². The van der Waals surface area contributed by atoms with Gasteiger partial charge in [-0.2, -0.15) is 11.8 Å². The number of hydrogen-bond acceptors (Lipinski definition) is 2. The fourth-order valence-electron chi connectivity index (χ4n) is 3.14. The van der Waals surface area contributed by atoms with E-state index >= 15 is 0 Å². The minimum Gasteiger partial charge on any atom is -0.380 e. The van der Waals surface area contributed by atoms with E-state index < -0.39 is 0 Å². The molecule has 1 nitrogen and oxygen atoms in total. The van der Waals surface area contributed by atoms with Crippen LogP contribution in [0.25, 0.3) is 0 Å². The lowest BCUT2D eigenvalue weighted by Gasteiger charge is -2.11. The first-order valence-corrected chi connectivity index (χ1v) is 13.7. The lowest BCUT2D eigenvalue weighted by atomic mass is 10.0. The van der Waals surface area contributed by atoms with Crippen molar-refractivity contribution in [3.63, 3.8) is 0 Å². The number of thioether (sulfide) groups is 1. The van der Waals surface area contributed by atoms with E-state index in [9.17, 15) is 0 Å². The molecule has 0 aliphatic rings. The van der Waals surface area contributed by atoms with Crippen LogP contribution >= 0.6 is 34.4 Å². The fraction of sp³-hybridized carbons (Fsp3) is 1.00. The summed E-state index contributed by atoms with van der Waals surface area (Å²) in [4.78, 5) is 0. The Hall–Kier alpha value is 1.04. The van der Waals surface area contributed by atoms with Gasteiger partial charge >= 0.3 is 0 Å². The zero-order valence-corrected chi connectivity index (χ0v) is 20.2. The zero-order chi connectivity index (χ0) is 18.4. The molecule has 3 heteroatoms. The normalized spacial score (nSPS) is 12.6. The van der Waals surface area contributed by atoms with Gasteiger partial charge in [0.2, 0.25) is 0 Å². The highest BCUT2D eigenvalue weighted by atomic mass is 127. The number of alkyl halides is 1. The molecule has 0 saturated carbocycles. The van der Waals surface area contributed by atoms with Crippen molar-refractivity contribution in [2.45, 2.75) is 116 Å². The van der Waals surface area contributed by atoms with Gasteiger partial charge in [0.25, 0.3) is 0 Å². The highest BCUT2D eigenvalue weighted by molar-refractivity contribution is 14.1. The second-order valence-electron chi connectivity index (χ2n) is 7.39. The van der Waals surface area contributed by atoms with Crippen molar-refractivity contribution in [3.8, 4) is 0 Å². The van der Waals surface area contributed by atoms with Gasteiger partial charge in [-0.15, -0.1) is 0 Å². The minimum atomic E-state index is 0.451. The van der Waals surface area contributed by atoms with Gasteiger partial charge in [0.05, 0.1) is 6.10 Å². The first-order chi connectivity index (χ1) is 12.3. The highest BCUT2D eigenvalue weighted by Crippen LogP contribution is 2.15. The minimum absolute atomic E-state index is 0.451. The molecule has 0 spiro atoms. The second-order valence-corrected chi connectivity index (χ2v) is 9.42. The smallest absolute Gasteiger partial charge is 0.0750 e. The summed E-state index contributed by atoms with van der Waals surface area (Å²) in [5.74, 6) is 2.48. The van der Waals surface area contributed by atoms with Gasteiger partial charge in [0.15, 0.2) is 0 Å². The molecule has 0 aromatic rings. The van der Waals surface area contributed by atoms with Gasteiger partial charge in [0, 0.05) is 17.3 Å². The van der Waals surface area contributed by atoms with Crippen LogP contribution in [0.4, 0.5) is 0 Å². The topological polar surface area (TPSA) is 9.23 Å². The van der Waals surface area contributed by atoms with Crippen molar-refractivity contribution in [2.24, 2.45) is 0 Å². The molecule has 152 valence electrons. The maximum absolute atomic E-state index is 5.40. The zero-order valence-electron chi connectivity index (χ0n) is 17.2. The van der Waals surface area contributed by atoms with Crippen LogP contribution < -0.4 is 0 Å². The molecule has 0 N–H and O–H groups in total. The van der Waals surface area contributed by atoms with E-state index in [1.807, 2.05) is 7.11 Å². The third-order valence-corrected chi connectivity index (χ3v) is 7.12. The van der Waals surface area contributed by atoms with E-state index in [0.29, 0.717) is 6.10 Å². The highest BCUT2D eigenvalue weighted by Gasteiger charge is 2.04. The lowest BCUT2D eigenvalue weighted by molar-refractivity contribution is 0.144. The molecular formula is C22H45IOS. The standard InChI is InChI=1S/C22H45IOS/c1-3-4-5-6-7-8-9-10-11-12-13-14-15-16-17-18-19-25-21-22(20-23)24-2/h22H,3-21H2,1-2H3. The van der Waals surface area contributed by atoms with Gasteiger partial charge in [-0.05, 0) is 12.2 Å². The number of rotatable bonds is 21. The van der Waals surface area contributed by atoms with E-state index in [0.717, 1.165) is 10.2 Å². The van der Waals surface area contributed by atoms with E-state index in [2.05, 4.69) is 41.3 Å². The summed E-state index contributed by atoms with van der Waals surface area (Å²) in [5, 5.41) is 0. The Morgan fingerprint density at radius 2 is 1.08 bits per heavy atom. The number of hydrogen-bond donors (Lipinski definition) is 0. The summed E-state index contributed by atoms with van der Waals surface area (Å²) in [7, 11) is 1.83. The summed E-state index contributed by atoms with van der Waals surface area (Å²) >= 11 is 4.48. The Bertz CT molecular complexity index is 234. The number of halogens is 1. The molecule has 25 heavy (non-hydrogen) atoms. The molecule has 1 unspecified atom stereocenters. The summed E-state index contributed by atoms with van der Waals surface area (Å²) in [6, 6.07) is 0. The lowest BCUT2D eigenvalue weighted by Crippen LogP contribution is -2.15. The molecule has 0 rings (SSSR count). The molecule has 0 aliphatic heterocycles. The first-order valence-electron chi connectivity index (χ1n) is 11.0. The van der Waals surface area contributed by atoms with Crippen molar-refractivity contribution in [3.05, 3.63) is 0 Å². The predicted molar refractivity (Wildman–Crippen MR) is 127 cm³/mol. The van der Waals surface area contributed by atoms with Gasteiger partial charge in [-0.3, -0.25) is 0 Å². The summed E-state index contributed by atoms with van der Waals surface area (Å²) in [5.41, 5.74) is 0. The maximum Gasteiger partial charge on any atom is 0.0750 e. The van der Waals surface area contributed by atoms with Gasteiger partial charge in [-0.1, -0.05) is 126 Å². The van der Waals surface area contributed by atoms with Crippen molar-refractivity contribution in [1.82, 2.24) is 0 Å². The van der Waals surface area contributed by atoms with Crippen LogP contribution in [-0.2, 0) is 4.74 Å².